The monoisotopic (exact) mass is 341 g/mol. The largest absolute Gasteiger partial charge is 0.327 e. The summed E-state index contributed by atoms with van der Waals surface area (Å²) < 4.78 is 2.12. The third kappa shape index (κ3) is 3.00. The number of hydrogen-bond acceptors (Lipinski definition) is 5. The second-order valence-corrected chi connectivity index (χ2v) is 7.66. The molecule has 0 unspecified atom stereocenters. The lowest BCUT2D eigenvalue weighted by Crippen LogP contribution is -2.31. The van der Waals surface area contributed by atoms with Crippen molar-refractivity contribution in [1.82, 2.24) is 24.6 Å². The van der Waals surface area contributed by atoms with Crippen LogP contribution < -0.4 is 0 Å². The number of hydrogen-bond donors (Lipinski definition) is 0. The molecule has 1 saturated heterocycles. The molecule has 0 N–H and O–H groups in total. The van der Waals surface area contributed by atoms with Gasteiger partial charge in [0.15, 0.2) is 5.65 Å². The Balaban J connectivity index is 1.54. The van der Waals surface area contributed by atoms with Crippen molar-refractivity contribution >= 4 is 33.8 Å². The Hall–Kier alpha value is -1.66. The molecule has 1 aromatic carbocycles. The summed E-state index contributed by atoms with van der Waals surface area (Å²) >= 11 is 1.71. The van der Waals surface area contributed by atoms with Crippen molar-refractivity contribution in [3.05, 3.63) is 23.8 Å². The van der Waals surface area contributed by atoms with Gasteiger partial charge in [-0.2, -0.15) is 0 Å². The van der Waals surface area contributed by atoms with Crippen LogP contribution in [-0.4, -0.2) is 50.0 Å². The third-order valence-corrected chi connectivity index (χ3v) is 5.64. The molecule has 6 heteroatoms. The number of benzene rings is 1. The summed E-state index contributed by atoms with van der Waals surface area (Å²) in [7, 11) is 2.05. The minimum absolute atomic E-state index is 0.780. The molecule has 1 fully saturated rings. The SMILES string of the molecule is Cc1ccc2c(c1)c1nnc(SCCN3CCCCC3)nc1n2C. The second kappa shape index (κ2) is 6.69. The average Bonchev–Trinajstić information content (AvgIpc) is 2.88. The summed E-state index contributed by atoms with van der Waals surface area (Å²) in [5.74, 6) is 1.02. The fourth-order valence-corrected chi connectivity index (χ4v) is 4.25. The van der Waals surface area contributed by atoms with Crippen molar-refractivity contribution in [3.8, 4) is 0 Å². The van der Waals surface area contributed by atoms with Crippen LogP contribution in [0.1, 0.15) is 24.8 Å². The smallest absolute Gasteiger partial charge is 0.211 e. The maximum atomic E-state index is 4.76. The molecule has 0 aliphatic carbocycles. The molecule has 24 heavy (non-hydrogen) atoms. The van der Waals surface area contributed by atoms with Gasteiger partial charge in [0.1, 0.15) is 5.52 Å². The van der Waals surface area contributed by atoms with Gasteiger partial charge in [-0.05, 0) is 45.0 Å². The minimum Gasteiger partial charge on any atom is -0.327 e. The zero-order valence-electron chi connectivity index (χ0n) is 14.3. The molecule has 3 heterocycles. The zero-order valence-corrected chi connectivity index (χ0v) is 15.1. The highest BCUT2D eigenvalue weighted by Gasteiger charge is 2.14. The molecule has 0 atom stereocenters. The van der Waals surface area contributed by atoms with Crippen molar-refractivity contribution < 1.29 is 0 Å². The van der Waals surface area contributed by atoms with E-state index in [-0.39, 0.29) is 0 Å². The lowest BCUT2D eigenvalue weighted by Gasteiger charge is -2.25. The van der Waals surface area contributed by atoms with Gasteiger partial charge < -0.3 is 9.47 Å². The normalized spacial score (nSPS) is 16.2. The number of piperidine rings is 1. The zero-order chi connectivity index (χ0) is 16.5. The summed E-state index contributed by atoms with van der Waals surface area (Å²) in [6, 6.07) is 6.43. The highest BCUT2D eigenvalue weighted by Crippen LogP contribution is 2.27. The van der Waals surface area contributed by atoms with E-state index in [0.717, 1.165) is 39.5 Å². The lowest BCUT2D eigenvalue weighted by atomic mass is 10.1. The van der Waals surface area contributed by atoms with Gasteiger partial charge in [0.25, 0.3) is 0 Å². The summed E-state index contributed by atoms with van der Waals surface area (Å²) in [5.41, 5.74) is 4.22. The van der Waals surface area contributed by atoms with E-state index in [9.17, 15) is 0 Å². The number of rotatable bonds is 4. The lowest BCUT2D eigenvalue weighted by molar-refractivity contribution is 0.242. The molecule has 1 aliphatic rings. The molecule has 3 aromatic rings. The van der Waals surface area contributed by atoms with E-state index < -0.39 is 0 Å². The number of aryl methyl sites for hydroxylation is 2. The van der Waals surface area contributed by atoms with Crippen LogP contribution in [0.3, 0.4) is 0 Å². The number of nitrogens with zero attached hydrogens (tertiary/aromatic N) is 5. The predicted molar refractivity (Wildman–Crippen MR) is 99.6 cm³/mol. The van der Waals surface area contributed by atoms with E-state index in [0.29, 0.717) is 0 Å². The van der Waals surface area contributed by atoms with E-state index in [1.165, 1.54) is 37.9 Å². The molecule has 4 rings (SSSR count). The maximum absolute atomic E-state index is 4.76. The van der Waals surface area contributed by atoms with Crippen LogP contribution in [0.5, 0.6) is 0 Å². The standard InChI is InChI=1S/C18H23N5S/c1-13-6-7-15-14(12-13)16-17(22(15)2)19-18(21-20-16)24-11-10-23-8-4-3-5-9-23/h6-7,12H,3-5,8-11H2,1-2H3. The molecular formula is C18H23N5S. The Bertz CT molecular complexity index is 867. The van der Waals surface area contributed by atoms with Crippen LogP contribution in [-0.2, 0) is 7.05 Å². The second-order valence-electron chi connectivity index (χ2n) is 6.60. The molecular weight excluding hydrogens is 318 g/mol. The molecule has 5 nitrogen and oxygen atoms in total. The number of fused-ring (bicyclic) bond motifs is 3. The first kappa shape index (κ1) is 15.8. The van der Waals surface area contributed by atoms with Crippen LogP contribution in [0.4, 0.5) is 0 Å². The Morgan fingerprint density at radius 3 is 2.79 bits per heavy atom. The quantitative estimate of drug-likeness (QED) is 0.681. The molecule has 126 valence electrons. The summed E-state index contributed by atoms with van der Waals surface area (Å²) in [5, 5.41) is 10.7. The van der Waals surface area contributed by atoms with Crippen LogP contribution >= 0.6 is 11.8 Å². The fourth-order valence-electron chi connectivity index (χ4n) is 3.47. The van der Waals surface area contributed by atoms with Gasteiger partial charge in [0.05, 0.1) is 5.52 Å². The molecule has 0 radical (unpaired) electrons. The predicted octanol–water partition coefficient (Wildman–Crippen LogP) is 3.40. The van der Waals surface area contributed by atoms with Crippen molar-refractivity contribution in [2.75, 3.05) is 25.4 Å². The number of thioether (sulfide) groups is 1. The molecule has 0 bridgehead atoms. The van der Waals surface area contributed by atoms with E-state index in [1.807, 2.05) is 0 Å². The Labute approximate surface area is 146 Å². The van der Waals surface area contributed by atoms with E-state index in [4.69, 9.17) is 4.98 Å². The molecule has 1 aliphatic heterocycles. The van der Waals surface area contributed by atoms with Gasteiger partial charge in [-0.15, -0.1) is 10.2 Å². The topological polar surface area (TPSA) is 46.8 Å². The molecule has 2 aromatic heterocycles. The Kier molecular flexibility index (Phi) is 4.41. The van der Waals surface area contributed by atoms with E-state index in [1.54, 1.807) is 11.8 Å². The summed E-state index contributed by atoms with van der Waals surface area (Å²) in [6.45, 7) is 5.69. The first-order valence-electron chi connectivity index (χ1n) is 8.67. The Morgan fingerprint density at radius 2 is 1.96 bits per heavy atom. The van der Waals surface area contributed by atoms with Crippen LogP contribution in [0, 0.1) is 6.92 Å². The van der Waals surface area contributed by atoms with Gasteiger partial charge in [-0.1, -0.05) is 29.8 Å². The van der Waals surface area contributed by atoms with Crippen molar-refractivity contribution in [3.63, 3.8) is 0 Å². The van der Waals surface area contributed by atoms with Gasteiger partial charge in [-0.3, -0.25) is 0 Å². The van der Waals surface area contributed by atoms with Gasteiger partial charge in [0.2, 0.25) is 5.16 Å². The highest BCUT2D eigenvalue weighted by molar-refractivity contribution is 7.99. The van der Waals surface area contributed by atoms with Crippen LogP contribution in [0.15, 0.2) is 23.4 Å². The fraction of sp³-hybridized carbons (Fsp3) is 0.500. The van der Waals surface area contributed by atoms with Crippen molar-refractivity contribution in [2.24, 2.45) is 7.05 Å². The minimum atomic E-state index is 0.780. The van der Waals surface area contributed by atoms with Crippen LogP contribution in [0.25, 0.3) is 22.1 Å². The van der Waals surface area contributed by atoms with Crippen molar-refractivity contribution in [1.29, 1.82) is 0 Å². The van der Waals surface area contributed by atoms with Gasteiger partial charge in [0, 0.05) is 24.7 Å². The summed E-state index contributed by atoms with van der Waals surface area (Å²) in [4.78, 5) is 7.30. The highest BCUT2D eigenvalue weighted by atomic mass is 32.2. The number of likely N-dealkylation sites (tertiary alicyclic amines) is 1. The summed E-state index contributed by atoms with van der Waals surface area (Å²) in [6.07, 6.45) is 4.06. The maximum Gasteiger partial charge on any atom is 0.211 e. The molecule has 0 saturated carbocycles. The van der Waals surface area contributed by atoms with Gasteiger partial charge >= 0.3 is 0 Å². The van der Waals surface area contributed by atoms with E-state index >= 15 is 0 Å². The third-order valence-electron chi connectivity index (χ3n) is 4.82. The number of aromatic nitrogens is 4. The van der Waals surface area contributed by atoms with Gasteiger partial charge in [-0.25, -0.2) is 4.98 Å². The average molecular weight is 341 g/mol. The van der Waals surface area contributed by atoms with Crippen LogP contribution in [0.2, 0.25) is 0 Å². The first-order chi connectivity index (χ1) is 11.7. The molecule has 0 amide bonds. The van der Waals surface area contributed by atoms with E-state index in [2.05, 4.69) is 51.8 Å². The first-order valence-corrected chi connectivity index (χ1v) is 9.65. The van der Waals surface area contributed by atoms with Crippen molar-refractivity contribution in [2.45, 2.75) is 31.3 Å². The Morgan fingerprint density at radius 1 is 1.12 bits per heavy atom. The molecule has 0 spiro atoms.